The third-order valence-electron chi connectivity index (χ3n) is 4.13. The van der Waals surface area contributed by atoms with Crippen molar-refractivity contribution in [2.45, 2.75) is 50.6 Å². The average Bonchev–Trinajstić information content (AvgIpc) is 2.83. The molecule has 1 N–H and O–H groups in total. The van der Waals surface area contributed by atoms with Crippen LogP contribution in [0.3, 0.4) is 0 Å². The Hall–Kier alpha value is -1.60. The quantitative estimate of drug-likeness (QED) is 0.913. The molecule has 0 unspecified atom stereocenters. The van der Waals surface area contributed by atoms with E-state index in [9.17, 15) is 18.3 Å². The summed E-state index contributed by atoms with van der Waals surface area (Å²) in [5.41, 5.74) is 1.25. The molecule has 1 heterocycles. The molecule has 0 bridgehead atoms. The maximum atomic E-state index is 13.0. The lowest BCUT2D eigenvalue weighted by Crippen LogP contribution is -2.44. The lowest BCUT2D eigenvalue weighted by atomic mass is 10.1. The van der Waals surface area contributed by atoms with Gasteiger partial charge in [-0.1, -0.05) is 0 Å². The number of carboxylic acid groups (broad SMARTS) is 1. The highest BCUT2D eigenvalue weighted by Crippen LogP contribution is 2.34. The topological polar surface area (TPSA) is 83.9 Å². The van der Waals surface area contributed by atoms with Crippen LogP contribution in [0.2, 0.25) is 0 Å². The summed E-state index contributed by atoms with van der Waals surface area (Å²) in [5, 5.41) is 9.29. The van der Waals surface area contributed by atoms with E-state index in [0.717, 1.165) is 4.31 Å². The molecular formula is C15H21NO5S. The van der Waals surface area contributed by atoms with Gasteiger partial charge in [0.05, 0.1) is 12.0 Å². The van der Waals surface area contributed by atoms with Crippen LogP contribution in [0.4, 0.5) is 0 Å². The molecule has 0 spiro atoms. The zero-order valence-corrected chi connectivity index (χ0v) is 14.0. The molecule has 0 saturated carbocycles. The first kappa shape index (κ1) is 16.8. The first-order chi connectivity index (χ1) is 10.2. The summed E-state index contributed by atoms with van der Waals surface area (Å²) in [6, 6.07) is 1.89. The lowest BCUT2D eigenvalue weighted by molar-refractivity contribution is -0.140. The number of aliphatic carboxylic acids is 1. The molecule has 0 aliphatic carbocycles. The molecule has 1 aliphatic rings. The monoisotopic (exact) mass is 327 g/mol. The van der Waals surface area contributed by atoms with Crippen molar-refractivity contribution >= 4 is 16.0 Å². The summed E-state index contributed by atoms with van der Waals surface area (Å²) < 4.78 is 32.2. The van der Waals surface area contributed by atoms with E-state index >= 15 is 0 Å². The second-order valence-corrected chi connectivity index (χ2v) is 7.51. The molecule has 0 aromatic heterocycles. The molecule has 1 aliphatic heterocycles. The van der Waals surface area contributed by atoms with E-state index in [0.29, 0.717) is 29.7 Å². The summed E-state index contributed by atoms with van der Waals surface area (Å²) >= 11 is 0. The van der Waals surface area contributed by atoms with Crippen LogP contribution in [0.15, 0.2) is 17.0 Å². The maximum absolute atomic E-state index is 13.0. The third-order valence-corrected chi connectivity index (χ3v) is 6.30. The lowest BCUT2D eigenvalue weighted by Gasteiger charge is -2.26. The fourth-order valence-electron chi connectivity index (χ4n) is 2.97. The van der Waals surface area contributed by atoms with Crippen molar-refractivity contribution < 1.29 is 23.1 Å². The summed E-state index contributed by atoms with van der Waals surface area (Å²) in [5.74, 6) is -0.489. The van der Waals surface area contributed by atoms with Gasteiger partial charge in [0.1, 0.15) is 11.8 Å². The van der Waals surface area contributed by atoms with Crippen LogP contribution >= 0.6 is 0 Å². The summed E-state index contributed by atoms with van der Waals surface area (Å²) in [6.07, 6.45) is 0.883. The Labute approximate surface area is 130 Å². The van der Waals surface area contributed by atoms with Gasteiger partial charge in [-0.2, -0.15) is 4.31 Å². The molecule has 6 nitrogen and oxygen atoms in total. The number of hydrogen-bond acceptors (Lipinski definition) is 4. The molecule has 1 aromatic rings. The molecule has 1 saturated heterocycles. The summed E-state index contributed by atoms with van der Waals surface area (Å²) in [7, 11) is -2.34. The minimum Gasteiger partial charge on any atom is -0.496 e. The van der Waals surface area contributed by atoms with Crippen molar-refractivity contribution in [3.8, 4) is 5.75 Å². The van der Waals surface area contributed by atoms with Crippen molar-refractivity contribution in [3.05, 3.63) is 23.3 Å². The molecule has 122 valence electrons. The highest BCUT2D eigenvalue weighted by Gasteiger charge is 2.44. The zero-order valence-electron chi connectivity index (χ0n) is 13.2. The van der Waals surface area contributed by atoms with Gasteiger partial charge in [0, 0.05) is 6.04 Å². The Morgan fingerprint density at radius 3 is 2.45 bits per heavy atom. The summed E-state index contributed by atoms with van der Waals surface area (Å²) in [6.45, 7) is 5.19. The molecular weight excluding hydrogens is 306 g/mol. The van der Waals surface area contributed by atoms with Crippen molar-refractivity contribution in [1.29, 1.82) is 0 Å². The van der Waals surface area contributed by atoms with Crippen molar-refractivity contribution in [3.63, 3.8) is 0 Å². The number of nitrogens with zero attached hydrogens (tertiary/aromatic N) is 1. The standard InChI is InChI=1S/C15H21NO5S/c1-9-8-14(10(2)7-13(9)21-4)22(19,20)16-11(3)5-6-12(16)15(17)18/h7-8,11-12H,5-6H2,1-4H3,(H,17,18)/t11-,12-/m0/s1. The van der Waals surface area contributed by atoms with E-state index in [4.69, 9.17) is 4.74 Å². The van der Waals surface area contributed by atoms with Gasteiger partial charge in [0.25, 0.3) is 0 Å². The number of carboxylic acids is 1. The number of methoxy groups -OCH3 is 1. The normalized spacial score (nSPS) is 22.7. The fourth-order valence-corrected chi connectivity index (χ4v) is 5.10. The van der Waals surface area contributed by atoms with Crippen LogP contribution in [0.25, 0.3) is 0 Å². The van der Waals surface area contributed by atoms with E-state index in [1.165, 1.54) is 7.11 Å². The Kier molecular flexibility index (Phi) is 4.49. The first-order valence-electron chi connectivity index (χ1n) is 7.11. The van der Waals surface area contributed by atoms with Crippen molar-refractivity contribution in [2.75, 3.05) is 7.11 Å². The Morgan fingerprint density at radius 2 is 1.91 bits per heavy atom. The smallest absolute Gasteiger partial charge is 0.322 e. The minimum absolute atomic E-state index is 0.144. The van der Waals surface area contributed by atoms with Gasteiger partial charge in [0.15, 0.2) is 0 Å². The average molecular weight is 327 g/mol. The fraction of sp³-hybridized carbons (Fsp3) is 0.533. The van der Waals surface area contributed by atoms with Crippen molar-refractivity contribution in [1.82, 2.24) is 4.31 Å². The van der Waals surface area contributed by atoms with Gasteiger partial charge in [-0.15, -0.1) is 0 Å². The van der Waals surface area contributed by atoms with E-state index in [-0.39, 0.29) is 10.9 Å². The van der Waals surface area contributed by atoms with Crippen LogP contribution in [0, 0.1) is 13.8 Å². The van der Waals surface area contributed by atoms with Crippen LogP contribution < -0.4 is 4.74 Å². The molecule has 22 heavy (non-hydrogen) atoms. The van der Waals surface area contributed by atoms with Gasteiger partial charge >= 0.3 is 5.97 Å². The molecule has 1 fully saturated rings. The van der Waals surface area contributed by atoms with Gasteiger partial charge in [-0.05, 0) is 56.9 Å². The molecule has 2 rings (SSSR count). The maximum Gasteiger partial charge on any atom is 0.322 e. The molecule has 0 radical (unpaired) electrons. The zero-order chi connectivity index (χ0) is 16.7. The number of ether oxygens (including phenoxy) is 1. The van der Waals surface area contributed by atoms with Crippen LogP contribution in [0.1, 0.15) is 30.9 Å². The second-order valence-electron chi connectivity index (χ2n) is 5.70. The number of hydrogen-bond donors (Lipinski definition) is 1. The first-order valence-corrected chi connectivity index (χ1v) is 8.55. The number of benzene rings is 1. The second kappa shape index (κ2) is 5.89. The minimum atomic E-state index is -3.86. The molecule has 7 heteroatoms. The SMILES string of the molecule is COc1cc(C)c(S(=O)(=O)N2[C@@H](C)CC[C@H]2C(=O)O)cc1C. The molecule has 2 atom stereocenters. The van der Waals surface area contributed by atoms with Crippen LogP contribution in [0.5, 0.6) is 5.75 Å². The van der Waals surface area contributed by atoms with Crippen LogP contribution in [-0.4, -0.2) is 43.0 Å². The van der Waals surface area contributed by atoms with E-state index < -0.39 is 22.0 Å². The molecule has 0 amide bonds. The highest BCUT2D eigenvalue weighted by molar-refractivity contribution is 7.89. The third kappa shape index (κ3) is 2.70. The Bertz CT molecular complexity index is 698. The summed E-state index contributed by atoms with van der Waals surface area (Å²) in [4.78, 5) is 11.5. The number of sulfonamides is 1. The van der Waals surface area contributed by atoms with Gasteiger partial charge in [-0.3, -0.25) is 4.79 Å². The Balaban J connectivity index is 2.55. The van der Waals surface area contributed by atoms with Gasteiger partial charge in [-0.25, -0.2) is 8.42 Å². The van der Waals surface area contributed by atoms with E-state index in [2.05, 4.69) is 0 Å². The van der Waals surface area contributed by atoms with Gasteiger partial charge in [0.2, 0.25) is 10.0 Å². The highest BCUT2D eigenvalue weighted by atomic mass is 32.2. The number of rotatable bonds is 4. The molecule has 1 aromatic carbocycles. The number of aryl methyl sites for hydroxylation is 2. The van der Waals surface area contributed by atoms with Gasteiger partial charge < -0.3 is 9.84 Å². The number of carbonyl (C=O) groups is 1. The van der Waals surface area contributed by atoms with E-state index in [1.54, 1.807) is 32.9 Å². The predicted octanol–water partition coefficient (Wildman–Crippen LogP) is 1.94. The van der Waals surface area contributed by atoms with Crippen molar-refractivity contribution in [2.24, 2.45) is 0 Å². The largest absolute Gasteiger partial charge is 0.496 e. The van der Waals surface area contributed by atoms with E-state index in [1.807, 2.05) is 0 Å². The Morgan fingerprint density at radius 1 is 1.27 bits per heavy atom. The van der Waals surface area contributed by atoms with Crippen LogP contribution in [-0.2, 0) is 14.8 Å². The predicted molar refractivity (Wildman–Crippen MR) is 81.6 cm³/mol.